The number of aromatic nitrogens is 3. The van der Waals surface area contributed by atoms with Crippen molar-refractivity contribution in [1.82, 2.24) is 14.6 Å². The van der Waals surface area contributed by atoms with Crippen LogP contribution in [0.2, 0.25) is 0 Å². The summed E-state index contributed by atoms with van der Waals surface area (Å²) >= 11 is 0. The number of carbonyl (C=O) groups is 1. The molecule has 2 atom stereocenters. The smallest absolute Gasteiger partial charge is 0.344 e. The lowest BCUT2D eigenvalue weighted by Gasteiger charge is -2.36. The van der Waals surface area contributed by atoms with Crippen molar-refractivity contribution in [1.29, 1.82) is 0 Å². The largest absolute Gasteiger partial charge is 0.456 e. The summed E-state index contributed by atoms with van der Waals surface area (Å²) in [5, 5.41) is 4.24. The molecule has 0 saturated carbocycles. The number of carbonyl (C=O) groups excluding carboxylic acids is 1. The van der Waals surface area contributed by atoms with Gasteiger partial charge in [-0.15, -0.1) is 0 Å². The van der Waals surface area contributed by atoms with Crippen molar-refractivity contribution in [3.63, 3.8) is 0 Å². The normalized spacial score (nSPS) is 23.3. The third-order valence-corrected chi connectivity index (χ3v) is 5.16. The van der Waals surface area contributed by atoms with Crippen LogP contribution >= 0.6 is 0 Å². The zero-order chi connectivity index (χ0) is 20.4. The monoisotopic (exact) mass is 402 g/mol. The van der Waals surface area contributed by atoms with Gasteiger partial charge in [0.15, 0.2) is 11.9 Å². The molecular formula is C21H30N4O4. The highest BCUT2D eigenvalue weighted by atomic mass is 16.7. The number of anilines is 1. The molecule has 0 spiro atoms. The van der Waals surface area contributed by atoms with Crippen molar-refractivity contribution < 1.29 is 19.0 Å². The van der Waals surface area contributed by atoms with Crippen LogP contribution in [0.1, 0.15) is 63.2 Å². The second-order valence-corrected chi connectivity index (χ2v) is 8.76. The molecular weight excluding hydrogens is 372 g/mol. The molecule has 0 aliphatic carbocycles. The number of esters is 1. The Morgan fingerprint density at radius 2 is 2.10 bits per heavy atom. The summed E-state index contributed by atoms with van der Waals surface area (Å²) in [7, 11) is 0. The molecule has 2 aromatic heterocycles. The van der Waals surface area contributed by atoms with Crippen LogP contribution in [0.25, 0.3) is 5.65 Å². The molecule has 0 radical (unpaired) electrons. The van der Waals surface area contributed by atoms with Gasteiger partial charge in [-0.3, -0.25) is 0 Å². The Balaban J connectivity index is 1.49. The van der Waals surface area contributed by atoms with Gasteiger partial charge in [0.2, 0.25) is 0 Å². The molecule has 0 bridgehead atoms. The van der Waals surface area contributed by atoms with E-state index in [0.717, 1.165) is 57.6 Å². The summed E-state index contributed by atoms with van der Waals surface area (Å²) < 4.78 is 19.0. The maximum atomic E-state index is 12.5. The molecule has 29 heavy (non-hydrogen) atoms. The van der Waals surface area contributed by atoms with Gasteiger partial charge < -0.3 is 19.1 Å². The molecule has 2 aliphatic heterocycles. The lowest BCUT2D eigenvalue weighted by molar-refractivity contribution is -0.188. The second-order valence-electron chi connectivity index (χ2n) is 8.76. The number of ether oxygens (including phenoxy) is 3. The number of piperidine rings is 1. The molecule has 8 heteroatoms. The van der Waals surface area contributed by atoms with E-state index in [0.29, 0.717) is 11.2 Å². The highest BCUT2D eigenvalue weighted by Gasteiger charge is 2.27. The summed E-state index contributed by atoms with van der Waals surface area (Å²) in [6.07, 6.45) is 8.69. The van der Waals surface area contributed by atoms with Crippen molar-refractivity contribution in [3.05, 3.63) is 24.0 Å². The van der Waals surface area contributed by atoms with E-state index in [4.69, 9.17) is 19.2 Å². The summed E-state index contributed by atoms with van der Waals surface area (Å²) in [4.78, 5) is 19.5. The first-order valence-corrected chi connectivity index (χ1v) is 10.5. The Labute approximate surface area is 171 Å². The van der Waals surface area contributed by atoms with Crippen molar-refractivity contribution in [2.75, 3.05) is 24.6 Å². The topological polar surface area (TPSA) is 78.2 Å². The Bertz CT molecular complexity index is 854. The molecule has 8 nitrogen and oxygen atoms in total. The third kappa shape index (κ3) is 4.87. The summed E-state index contributed by atoms with van der Waals surface area (Å²) in [6, 6.07) is 1.93. The maximum absolute atomic E-state index is 12.5. The average molecular weight is 402 g/mol. The maximum Gasteiger partial charge on any atom is 0.344 e. The minimum Gasteiger partial charge on any atom is -0.456 e. The van der Waals surface area contributed by atoms with Crippen LogP contribution in [0.3, 0.4) is 0 Å². The van der Waals surface area contributed by atoms with Crippen LogP contribution in [0, 0.1) is 0 Å². The van der Waals surface area contributed by atoms with Gasteiger partial charge in [0.05, 0.1) is 12.3 Å². The first kappa shape index (κ1) is 20.1. The van der Waals surface area contributed by atoms with E-state index >= 15 is 0 Å². The van der Waals surface area contributed by atoms with Gasteiger partial charge in [-0.05, 0) is 58.9 Å². The molecule has 4 heterocycles. The summed E-state index contributed by atoms with van der Waals surface area (Å²) in [5.41, 5.74) is 0.319. The highest BCUT2D eigenvalue weighted by Crippen LogP contribution is 2.24. The predicted molar refractivity (Wildman–Crippen MR) is 108 cm³/mol. The average Bonchev–Trinajstić information content (AvgIpc) is 3.11. The van der Waals surface area contributed by atoms with E-state index in [1.54, 1.807) is 4.52 Å². The molecule has 1 unspecified atom stereocenters. The van der Waals surface area contributed by atoms with Crippen LogP contribution in [0.15, 0.2) is 18.5 Å². The number of rotatable bonds is 4. The first-order valence-electron chi connectivity index (χ1n) is 10.5. The Kier molecular flexibility index (Phi) is 5.74. The van der Waals surface area contributed by atoms with Crippen molar-refractivity contribution >= 4 is 17.4 Å². The lowest BCUT2D eigenvalue weighted by Crippen LogP contribution is -2.42. The van der Waals surface area contributed by atoms with Gasteiger partial charge >= 0.3 is 5.97 Å². The Morgan fingerprint density at radius 3 is 2.86 bits per heavy atom. The second kappa shape index (κ2) is 8.28. The van der Waals surface area contributed by atoms with Crippen LogP contribution < -0.4 is 4.90 Å². The molecule has 0 amide bonds. The number of fused-ring (bicyclic) bond motifs is 1. The van der Waals surface area contributed by atoms with Gasteiger partial charge in [0.1, 0.15) is 17.0 Å². The van der Waals surface area contributed by atoms with E-state index in [-0.39, 0.29) is 12.4 Å². The van der Waals surface area contributed by atoms with Gasteiger partial charge in [-0.2, -0.15) is 5.10 Å². The highest BCUT2D eigenvalue weighted by molar-refractivity contribution is 5.96. The lowest BCUT2D eigenvalue weighted by atomic mass is 10.1. The number of nitrogens with zero attached hydrogens (tertiary/aromatic N) is 4. The zero-order valence-electron chi connectivity index (χ0n) is 17.5. The van der Waals surface area contributed by atoms with Gasteiger partial charge in [0, 0.05) is 25.9 Å². The predicted octanol–water partition coefficient (Wildman–Crippen LogP) is 3.20. The Morgan fingerprint density at radius 1 is 1.24 bits per heavy atom. The zero-order valence-corrected chi connectivity index (χ0v) is 17.5. The Hall–Kier alpha value is -2.19. The molecule has 2 fully saturated rings. The van der Waals surface area contributed by atoms with Crippen LogP contribution in [0.4, 0.5) is 5.82 Å². The fourth-order valence-corrected chi connectivity index (χ4v) is 3.80. The van der Waals surface area contributed by atoms with Crippen molar-refractivity contribution in [2.24, 2.45) is 0 Å². The van der Waals surface area contributed by atoms with Gasteiger partial charge in [-0.25, -0.2) is 14.3 Å². The molecule has 4 rings (SSSR count). The fraction of sp³-hybridized carbons (Fsp3) is 0.667. The van der Waals surface area contributed by atoms with E-state index in [1.165, 1.54) is 6.20 Å². The van der Waals surface area contributed by atoms with Gasteiger partial charge in [0.25, 0.3) is 0 Å². The summed E-state index contributed by atoms with van der Waals surface area (Å²) in [6.45, 7) is 8.00. The van der Waals surface area contributed by atoms with Crippen molar-refractivity contribution in [3.8, 4) is 0 Å². The number of hydrogen-bond donors (Lipinski definition) is 0. The van der Waals surface area contributed by atoms with E-state index in [1.807, 2.05) is 33.0 Å². The molecule has 0 N–H and O–H groups in total. The van der Waals surface area contributed by atoms with Crippen molar-refractivity contribution in [2.45, 2.75) is 70.9 Å². The molecule has 2 saturated heterocycles. The van der Waals surface area contributed by atoms with Crippen LogP contribution in [-0.4, -0.2) is 58.3 Å². The standard InChI is InChI=1S/C21H30N4O4/c1-21(2,3)29-20(26)16-13-22-25-11-9-17(23-19(16)25)24-10-6-7-15(14-24)28-18-8-4-5-12-27-18/h9,11,13,15,18H,4-8,10,12,14H2,1-3H3/t15-,18?/m0/s1. The summed E-state index contributed by atoms with van der Waals surface area (Å²) in [5.74, 6) is 0.409. The first-order chi connectivity index (χ1) is 13.9. The third-order valence-electron chi connectivity index (χ3n) is 5.16. The quantitative estimate of drug-likeness (QED) is 0.727. The molecule has 2 aliphatic rings. The molecule has 0 aromatic carbocycles. The van der Waals surface area contributed by atoms with E-state index in [2.05, 4.69) is 10.00 Å². The fourth-order valence-electron chi connectivity index (χ4n) is 3.80. The van der Waals surface area contributed by atoms with Gasteiger partial charge in [-0.1, -0.05) is 0 Å². The number of hydrogen-bond acceptors (Lipinski definition) is 7. The minimum atomic E-state index is -0.568. The minimum absolute atomic E-state index is 0.0854. The van der Waals surface area contributed by atoms with E-state index in [9.17, 15) is 4.79 Å². The SMILES string of the molecule is CC(C)(C)OC(=O)c1cnn2ccc(N3CCC[C@H](OC4CCCCO4)C3)nc12. The van der Waals surface area contributed by atoms with E-state index < -0.39 is 11.6 Å². The molecule has 158 valence electrons. The molecule has 2 aromatic rings. The van der Waals surface area contributed by atoms with Crippen LogP contribution in [0.5, 0.6) is 0 Å². The van der Waals surface area contributed by atoms with Crippen LogP contribution in [-0.2, 0) is 14.2 Å².